The summed E-state index contributed by atoms with van der Waals surface area (Å²) in [5.74, 6) is -1.16. The Morgan fingerprint density at radius 3 is 2.22 bits per heavy atom. The van der Waals surface area contributed by atoms with E-state index in [1.165, 1.54) is 10.7 Å². The molecule has 0 fully saturated rings. The van der Waals surface area contributed by atoms with Crippen molar-refractivity contribution in [3.63, 3.8) is 0 Å². The number of benzene rings is 2. The number of rotatable bonds is 6. The lowest BCUT2D eigenvalue weighted by Crippen LogP contribution is -2.35. The van der Waals surface area contributed by atoms with E-state index in [4.69, 9.17) is 5.73 Å². The van der Waals surface area contributed by atoms with Crippen LogP contribution < -0.4 is 11.3 Å². The lowest BCUT2D eigenvalue weighted by Gasteiger charge is -2.17. The minimum absolute atomic E-state index is 0.0210. The number of hydrogen-bond donors (Lipinski definition) is 1. The molecule has 7 nitrogen and oxygen atoms in total. The Bertz CT molecular complexity index is 1250. The molecule has 0 saturated carbocycles. The van der Waals surface area contributed by atoms with Gasteiger partial charge in [-0.25, -0.2) is 9.07 Å². The summed E-state index contributed by atoms with van der Waals surface area (Å²) < 4.78 is 15.3. The van der Waals surface area contributed by atoms with Gasteiger partial charge in [0.25, 0.3) is 17.4 Å². The monoisotopic (exact) mass is 434 g/mol. The van der Waals surface area contributed by atoms with Gasteiger partial charge in [-0.1, -0.05) is 26.0 Å². The molecule has 0 atom stereocenters. The van der Waals surface area contributed by atoms with E-state index in [0.29, 0.717) is 34.5 Å². The Morgan fingerprint density at radius 1 is 0.969 bits per heavy atom. The molecule has 4 rings (SSSR count). The standard InChI is InChI=1S/C24H23FN4O3/c1-14(2)12-29-22(30)17(10-21(27-29)15-7-8-20(25)16(9-15)11-26)13-28-23(31)18-5-3-4-6-19(18)24(28)32/h3-10,14H,11-13,26H2,1-2H3. The van der Waals surface area contributed by atoms with Crippen molar-refractivity contribution in [1.82, 2.24) is 14.7 Å². The summed E-state index contributed by atoms with van der Waals surface area (Å²) in [7, 11) is 0. The molecule has 0 radical (unpaired) electrons. The number of fused-ring (bicyclic) bond motifs is 1. The number of nitrogens with zero attached hydrogens (tertiary/aromatic N) is 3. The summed E-state index contributed by atoms with van der Waals surface area (Å²) in [6.07, 6.45) is 0. The fourth-order valence-corrected chi connectivity index (χ4v) is 3.76. The number of carbonyl (C=O) groups excluding carboxylic acids is 2. The van der Waals surface area contributed by atoms with Gasteiger partial charge in [-0.15, -0.1) is 0 Å². The van der Waals surface area contributed by atoms with Gasteiger partial charge in [0.2, 0.25) is 0 Å². The van der Waals surface area contributed by atoms with Crippen molar-refractivity contribution in [1.29, 1.82) is 0 Å². The van der Waals surface area contributed by atoms with E-state index in [2.05, 4.69) is 5.10 Å². The third-order valence-corrected chi connectivity index (χ3v) is 5.35. The third kappa shape index (κ3) is 3.85. The highest BCUT2D eigenvalue weighted by Crippen LogP contribution is 2.25. The molecule has 1 aliphatic rings. The van der Waals surface area contributed by atoms with Crippen LogP contribution in [0.5, 0.6) is 0 Å². The predicted octanol–water partition coefficient (Wildman–Crippen LogP) is 2.96. The van der Waals surface area contributed by atoms with Crippen LogP contribution in [0.15, 0.2) is 53.3 Å². The van der Waals surface area contributed by atoms with Gasteiger partial charge in [0, 0.05) is 29.8 Å². The summed E-state index contributed by atoms with van der Waals surface area (Å²) in [6.45, 7) is 4.10. The van der Waals surface area contributed by atoms with Crippen molar-refractivity contribution >= 4 is 11.8 Å². The van der Waals surface area contributed by atoms with Crippen molar-refractivity contribution < 1.29 is 14.0 Å². The Balaban J connectivity index is 1.78. The topological polar surface area (TPSA) is 98.3 Å². The number of amides is 2. The number of imide groups is 1. The molecule has 3 aromatic rings. The molecule has 164 valence electrons. The molecule has 2 N–H and O–H groups in total. The van der Waals surface area contributed by atoms with Crippen LogP contribution in [0.25, 0.3) is 11.3 Å². The van der Waals surface area contributed by atoms with Gasteiger partial charge in [0.1, 0.15) is 5.82 Å². The maximum atomic E-state index is 13.9. The quantitative estimate of drug-likeness (QED) is 0.602. The smallest absolute Gasteiger partial charge is 0.271 e. The molecule has 0 aliphatic carbocycles. The summed E-state index contributed by atoms with van der Waals surface area (Å²) >= 11 is 0. The van der Waals surface area contributed by atoms with Gasteiger partial charge in [-0.05, 0) is 42.3 Å². The molecule has 8 heteroatoms. The van der Waals surface area contributed by atoms with Crippen LogP contribution in [0, 0.1) is 11.7 Å². The van der Waals surface area contributed by atoms with Crippen molar-refractivity contribution in [3.05, 3.63) is 87.0 Å². The average molecular weight is 434 g/mol. The molecule has 0 spiro atoms. The van der Waals surface area contributed by atoms with Crippen LogP contribution in [0.2, 0.25) is 0 Å². The van der Waals surface area contributed by atoms with Crippen LogP contribution in [0.1, 0.15) is 45.7 Å². The van der Waals surface area contributed by atoms with Crippen LogP contribution in [0.4, 0.5) is 4.39 Å². The van der Waals surface area contributed by atoms with E-state index in [0.717, 1.165) is 4.90 Å². The van der Waals surface area contributed by atoms with Gasteiger partial charge in [0.15, 0.2) is 0 Å². The molecular formula is C24H23FN4O3. The summed E-state index contributed by atoms with van der Waals surface area (Å²) in [5.41, 5.74) is 7.50. The lowest BCUT2D eigenvalue weighted by atomic mass is 10.1. The number of carbonyl (C=O) groups is 2. The highest BCUT2D eigenvalue weighted by Gasteiger charge is 2.35. The fourth-order valence-electron chi connectivity index (χ4n) is 3.76. The van der Waals surface area contributed by atoms with E-state index in [1.807, 2.05) is 13.8 Å². The minimum Gasteiger partial charge on any atom is -0.326 e. The zero-order valence-electron chi connectivity index (χ0n) is 17.8. The van der Waals surface area contributed by atoms with E-state index in [1.54, 1.807) is 42.5 Å². The molecule has 0 bridgehead atoms. The van der Waals surface area contributed by atoms with Gasteiger partial charge in [-0.2, -0.15) is 5.10 Å². The second-order valence-electron chi connectivity index (χ2n) is 8.19. The van der Waals surface area contributed by atoms with E-state index in [9.17, 15) is 18.8 Å². The largest absolute Gasteiger partial charge is 0.326 e. The zero-order chi connectivity index (χ0) is 23.0. The highest BCUT2D eigenvalue weighted by atomic mass is 19.1. The van der Waals surface area contributed by atoms with Gasteiger partial charge in [-0.3, -0.25) is 19.3 Å². The first-order valence-electron chi connectivity index (χ1n) is 10.3. The predicted molar refractivity (Wildman–Crippen MR) is 117 cm³/mol. The van der Waals surface area contributed by atoms with Crippen LogP contribution in [-0.4, -0.2) is 26.5 Å². The number of hydrogen-bond acceptors (Lipinski definition) is 5. The number of halogens is 1. The minimum atomic E-state index is -0.439. The Morgan fingerprint density at radius 2 is 1.62 bits per heavy atom. The van der Waals surface area contributed by atoms with E-state index in [-0.39, 0.29) is 30.1 Å². The second-order valence-corrected chi connectivity index (χ2v) is 8.19. The summed E-state index contributed by atoms with van der Waals surface area (Å²) in [5, 5.41) is 4.45. The highest BCUT2D eigenvalue weighted by molar-refractivity contribution is 6.21. The SMILES string of the molecule is CC(C)Cn1nc(-c2ccc(F)c(CN)c2)cc(CN2C(=O)c3ccccc3C2=O)c1=O. The molecule has 1 aromatic heterocycles. The van der Waals surface area contributed by atoms with Crippen LogP contribution >= 0.6 is 0 Å². The van der Waals surface area contributed by atoms with Crippen molar-refractivity contribution in [2.75, 3.05) is 0 Å². The van der Waals surface area contributed by atoms with Crippen LogP contribution in [-0.2, 0) is 19.6 Å². The molecule has 2 heterocycles. The Labute approximate surface area is 184 Å². The maximum absolute atomic E-state index is 13.9. The second kappa shape index (κ2) is 8.47. The molecule has 0 saturated heterocycles. The fraction of sp³-hybridized carbons (Fsp3) is 0.250. The van der Waals surface area contributed by atoms with Gasteiger partial charge in [0.05, 0.1) is 23.4 Å². The first-order valence-corrected chi connectivity index (χ1v) is 10.3. The number of nitrogens with two attached hydrogens (primary N) is 1. The molecule has 2 amide bonds. The van der Waals surface area contributed by atoms with Crippen LogP contribution in [0.3, 0.4) is 0 Å². The average Bonchev–Trinajstić information content (AvgIpc) is 3.01. The Kier molecular flexibility index (Phi) is 5.71. The van der Waals surface area contributed by atoms with Gasteiger partial charge < -0.3 is 5.73 Å². The Hall–Kier alpha value is -3.65. The van der Waals surface area contributed by atoms with Crippen molar-refractivity contribution in [3.8, 4) is 11.3 Å². The first-order chi connectivity index (χ1) is 15.3. The molecule has 32 heavy (non-hydrogen) atoms. The molecule has 2 aromatic carbocycles. The van der Waals surface area contributed by atoms with E-state index < -0.39 is 17.6 Å². The summed E-state index contributed by atoms with van der Waals surface area (Å²) in [4.78, 5) is 39.8. The third-order valence-electron chi connectivity index (χ3n) is 5.35. The normalized spacial score (nSPS) is 13.2. The van der Waals surface area contributed by atoms with Crippen molar-refractivity contribution in [2.24, 2.45) is 11.7 Å². The molecule has 1 aliphatic heterocycles. The zero-order valence-corrected chi connectivity index (χ0v) is 17.8. The van der Waals surface area contributed by atoms with Crippen molar-refractivity contribution in [2.45, 2.75) is 33.5 Å². The lowest BCUT2D eigenvalue weighted by molar-refractivity contribution is 0.0641. The molecular weight excluding hydrogens is 411 g/mol. The van der Waals surface area contributed by atoms with Gasteiger partial charge >= 0.3 is 0 Å². The molecule has 0 unspecified atom stereocenters. The first kappa shape index (κ1) is 21.6. The van der Waals surface area contributed by atoms with E-state index >= 15 is 0 Å². The number of aromatic nitrogens is 2. The summed E-state index contributed by atoms with van der Waals surface area (Å²) in [6, 6.07) is 12.6. The maximum Gasteiger partial charge on any atom is 0.271 e.